The summed E-state index contributed by atoms with van der Waals surface area (Å²) in [6.45, 7) is 5.55. The third-order valence-corrected chi connectivity index (χ3v) is 5.51. The molecular formula is C23H24N2O7. The van der Waals surface area contributed by atoms with Crippen LogP contribution in [0, 0.1) is 24.0 Å². The number of nitro benzene ring substituents is 1. The van der Waals surface area contributed by atoms with Gasteiger partial charge in [0, 0.05) is 18.2 Å². The molecule has 0 aliphatic carbocycles. The number of methoxy groups -OCH3 is 1. The SMILES string of the molecule is CCCN1C(=O)C(=O)/C(=C(/O)c2cc(C)c(OC)cc2C)C1c1ccc(O)c([N+](=O)[O-])c1. The molecule has 32 heavy (non-hydrogen) atoms. The summed E-state index contributed by atoms with van der Waals surface area (Å²) in [4.78, 5) is 37.6. The van der Waals surface area contributed by atoms with Gasteiger partial charge < -0.3 is 19.8 Å². The highest BCUT2D eigenvalue weighted by atomic mass is 16.6. The molecule has 9 heteroatoms. The van der Waals surface area contributed by atoms with Crippen molar-refractivity contribution in [2.45, 2.75) is 33.2 Å². The number of hydrogen-bond acceptors (Lipinski definition) is 7. The Morgan fingerprint density at radius 2 is 1.88 bits per heavy atom. The summed E-state index contributed by atoms with van der Waals surface area (Å²) in [5, 5.41) is 32.3. The number of Topliss-reactive ketones (excluding diaryl/α,β-unsaturated/α-hetero) is 1. The molecule has 168 valence electrons. The number of carbonyl (C=O) groups is 2. The summed E-state index contributed by atoms with van der Waals surface area (Å²) in [6.07, 6.45) is 0.532. The fourth-order valence-corrected chi connectivity index (χ4v) is 3.96. The van der Waals surface area contributed by atoms with E-state index in [9.17, 15) is 29.9 Å². The molecule has 1 heterocycles. The molecule has 2 aromatic carbocycles. The monoisotopic (exact) mass is 440 g/mol. The Kier molecular flexibility index (Phi) is 6.20. The summed E-state index contributed by atoms with van der Waals surface area (Å²) in [5.41, 5.74) is 1.24. The molecule has 0 spiro atoms. The van der Waals surface area contributed by atoms with E-state index in [4.69, 9.17) is 4.74 Å². The van der Waals surface area contributed by atoms with Gasteiger partial charge in [-0.3, -0.25) is 19.7 Å². The normalized spacial score (nSPS) is 17.6. The molecule has 2 N–H and O–H groups in total. The van der Waals surface area contributed by atoms with E-state index in [2.05, 4.69) is 0 Å². The van der Waals surface area contributed by atoms with E-state index in [1.165, 1.54) is 18.1 Å². The number of aryl methyl sites for hydroxylation is 2. The van der Waals surface area contributed by atoms with Crippen molar-refractivity contribution in [1.82, 2.24) is 4.90 Å². The van der Waals surface area contributed by atoms with E-state index < -0.39 is 34.1 Å². The van der Waals surface area contributed by atoms with Gasteiger partial charge in [0.25, 0.3) is 11.7 Å². The van der Waals surface area contributed by atoms with Crippen LogP contribution >= 0.6 is 0 Å². The molecule has 1 unspecified atom stereocenters. The minimum atomic E-state index is -1.03. The van der Waals surface area contributed by atoms with Crippen molar-refractivity contribution in [1.29, 1.82) is 0 Å². The van der Waals surface area contributed by atoms with Crippen LogP contribution in [0.5, 0.6) is 11.5 Å². The lowest BCUT2D eigenvalue weighted by Crippen LogP contribution is -2.30. The van der Waals surface area contributed by atoms with Crippen molar-refractivity contribution < 1.29 is 29.5 Å². The molecule has 1 atom stereocenters. The number of phenolic OH excluding ortho intramolecular Hbond substituents is 1. The van der Waals surface area contributed by atoms with E-state index in [1.54, 1.807) is 26.0 Å². The van der Waals surface area contributed by atoms with Crippen LogP contribution < -0.4 is 4.74 Å². The second kappa shape index (κ2) is 8.70. The maximum absolute atomic E-state index is 13.0. The number of likely N-dealkylation sites (tertiary alicyclic amines) is 1. The zero-order valence-corrected chi connectivity index (χ0v) is 18.2. The average Bonchev–Trinajstić information content (AvgIpc) is 3.00. The highest BCUT2D eigenvalue weighted by molar-refractivity contribution is 6.46. The van der Waals surface area contributed by atoms with Crippen LogP contribution in [-0.4, -0.2) is 45.4 Å². The van der Waals surface area contributed by atoms with E-state index in [-0.39, 0.29) is 23.4 Å². The molecule has 0 bridgehead atoms. The number of phenols is 1. The summed E-state index contributed by atoms with van der Waals surface area (Å²) in [5.74, 6) is -1.96. The van der Waals surface area contributed by atoms with Crippen molar-refractivity contribution in [2.24, 2.45) is 0 Å². The van der Waals surface area contributed by atoms with Gasteiger partial charge in [0.1, 0.15) is 11.5 Å². The van der Waals surface area contributed by atoms with Gasteiger partial charge in [-0.2, -0.15) is 0 Å². The molecular weight excluding hydrogens is 416 g/mol. The zero-order chi connectivity index (χ0) is 23.7. The molecule has 9 nitrogen and oxygen atoms in total. The molecule has 1 aliphatic rings. The van der Waals surface area contributed by atoms with Crippen molar-refractivity contribution in [3.63, 3.8) is 0 Å². The number of benzene rings is 2. The molecule has 1 fully saturated rings. The quantitative estimate of drug-likeness (QED) is 0.230. The van der Waals surface area contributed by atoms with Gasteiger partial charge in [-0.15, -0.1) is 0 Å². The first-order valence-corrected chi connectivity index (χ1v) is 10.0. The minimum absolute atomic E-state index is 0.156. The summed E-state index contributed by atoms with van der Waals surface area (Å²) in [6, 6.07) is 6.01. The molecule has 0 aromatic heterocycles. The third-order valence-electron chi connectivity index (χ3n) is 5.51. The van der Waals surface area contributed by atoms with Crippen molar-refractivity contribution >= 4 is 23.1 Å². The average molecular weight is 440 g/mol. The smallest absolute Gasteiger partial charge is 0.311 e. The Labute approximate surface area is 184 Å². The van der Waals surface area contributed by atoms with Gasteiger partial charge in [-0.25, -0.2) is 0 Å². The van der Waals surface area contributed by atoms with Crippen LogP contribution in [0.3, 0.4) is 0 Å². The van der Waals surface area contributed by atoms with E-state index in [0.29, 0.717) is 23.3 Å². The van der Waals surface area contributed by atoms with Crippen molar-refractivity contribution in [2.75, 3.05) is 13.7 Å². The Bertz CT molecular complexity index is 1150. The maximum Gasteiger partial charge on any atom is 0.311 e. The molecule has 0 saturated carbocycles. The fraction of sp³-hybridized carbons (Fsp3) is 0.304. The fourth-order valence-electron chi connectivity index (χ4n) is 3.96. The predicted molar refractivity (Wildman–Crippen MR) is 117 cm³/mol. The Morgan fingerprint density at radius 3 is 2.47 bits per heavy atom. The summed E-state index contributed by atoms with van der Waals surface area (Å²) < 4.78 is 5.30. The molecule has 1 amide bonds. The number of nitrogens with zero attached hydrogens (tertiary/aromatic N) is 2. The Morgan fingerprint density at radius 1 is 1.19 bits per heavy atom. The van der Waals surface area contributed by atoms with E-state index >= 15 is 0 Å². The third kappa shape index (κ3) is 3.77. The van der Waals surface area contributed by atoms with Crippen molar-refractivity contribution in [3.05, 3.63) is 68.3 Å². The molecule has 1 aliphatic heterocycles. The second-order valence-electron chi connectivity index (χ2n) is 7.63. The highest BCUT2D eigenvalue weighted by Gasteiger charge is 2.46. The lowest BCUT2D eigenvalue weighted by molar-refractivity contribution is -0.385. The van der Waals surface area contributed by atoms with Crippen LogP contribution in [0.2, 0.25) is 0 Å². The van der Waals surface area contributed by atoms with Gasteiger partial charge >= 0.3 is 5.69 Å². The zero-order valence-electron chi connectivity index (χ0n) is 18.2. The van der Waals surface area contributed by atoms with E-state index in [0.717, 1.165) is 17.7 Å². The molecule has 1 saturated heterocycles. The number of ketones is 1. The largest absolute Gasteiger partial charge is 0.507 e. The maximum atomic E-state index is 13.0. The number of hydrogen-bond donors (Lipinski definition) is 2. The lowest BCUT2D eigenvalue weighted by atomic mass is 9.92. The number of nitro groups is 1. The predicted octanol–water partition coefficient (Wildman–Crippen LogP) is 3.76. The van der Waals surface area contributed by atoms with E-state index in [1.807, 2.05) is 6.92 Å². The van der Waals surface area contributed by atoms with Crippen LogP contribution in [0.25, 0.3) is 5.76 Å². The van der Waals surface area contributed by atoms with Crippen LogP contribution in [-0.2, 0) is 9.59 Å². The van der Waals surface area contributed by atoms with Gasteiger partial charge in [0.2, 0.25) is 0 Å². The number of aliphatic hydroxyl groups excluding tert-OH is 1. The topological polar surface area (TPSA) is 130 Å². The summed E-state index contributed by atoms with van der Waals surface area (Å²) >= 11 is 0. The number of aromatic hydroxyl groups is 1. The second-order valence-corrected chi connectivity index (χ2v) is 7.63. The van der Waals surface area contributed by atoms with Crippen LogP contribution in [0.15, 0.2) is 35.9 Å². The first-order valence-electron chi connectivity index (χ1n) is 10.0. The molecule has 2 aromatic rings. The number of aliphatic hydroxyl groups is 1. The first kappa shape index (κ1) is 22.8. The minimum Gasteiger partial charge on any atom is -0.507 e. The lowest BCUT2D eigenvalue weighted by Gasteiger charge is -2.25. The first-order chi connectivity index (χ1) is 15.1. The van der Waals surface area contributed by atoms with Crippen LogP contribution in [0.4, 0.5) is 5.69 Å². The van der Waals surface area contributed by atoms with Gasteiger partial charge in [0.05, 0.1) is 23.6 Å². The standard InChI is InChI=1S/C23H24N2O7/c1-5-8-24-20(14-6-7-17(26)16(11-14)25(30)31)19(22(28)23(24)29)21(27)15-9-13(3)18(32-4)10-12(15)2/h6-7,9-11,20,26-27H,5,8H2,1-4H3/b21-19+. The van der Waals surface area contributed by atoms with Gasteiger partial charge in [-0.1, -0.05) is 13.0 Å². The highest BCUT2D eigenvalue weighted by Crippen LogP contribution is 2.42. The summed E-state index contributed by atoms with van der Waals surface area (Å²) in [7, 11) is 1.52. The van der Waals surface area contributed by atoms with Crippen molar-refractivity contribution in [3.8, 4) is 11.5 Å². The number of amides is 1. The van der Waals surface area contributed by atoms with Gasteiger partial charge in [0.15, 0.2) is 5.75 Å². The van der Waals surface area contributed by atoms with Gasteiger partial charge in [-0.05, 0) is 55.2 Å². The number of rotatable bonds is 6. The Balaban J connectivity index is 2.28. The Hall–Kier alpha value is -3.88. The number of ether oxygens (including phenoxy) is 1. The molecule has 0 radical (unpaired) electrons. The van der Waals surface area contributed by atoms with Crippen LogP contribution in [0.1, 0.15) is 41.6 Å². The number of carbonyl (C=O) groups excluding carboxylic acids is 2. The molecule has 3 rings (SSSR count).